The molecule has 1 heterocycles. The van der Waals surface area contributed by atoms with Gasteiger partial charge in [-0.2, -0.15) is 0 Å². The van der Waals surface area contributed by atoms with Crippen LogP contribution in [0.25, 0.3) is 0 Å². The number of carbonyl (C=O) groups excluding carboxylic acids is 2. The monoisotopic (exact) mass is 415 g/mol. The highest BCUT2D eigenvalue weighted by molar-refractivity contribution is 7.94. The van der Waals surface area contributed by atoms with Gasteiger partial charge in [0.1, 0.15) is 4.21 Å². The van der Waals surface area contributed by atoms with E-state index in [1.165, 1.54) is 30.3 Å². The van der Waals surface area contributed by atoms with Crippen molar-refractivity contribution in [1.29, 1.82) is 0 Å². The summed E-state index contributed by atoms with van der Waals surface area (Å²) in [5.41, 5.74) is 2.04. The molecule has 2 aromatic carbocycles. The van der Waals surface area contributed by atoms with Gasteiger partial charge < -0.3 is 4.74 Å². The molecule has 0 atom stereocenters. The van der Waals surface area contributed by atoms with Gasteiger partial charge in [0.2, 0.25) is 0 Å². The predicted molar refractivity (Wildman–Crippen MR) is 107 cm³/mol. The maximum atomic E-state index is 12.2. The molecule has 1 aromatic heterocycles. The Morgan fingerprint density at radius 3 is 2.21 bits per heavy atom. The van der Waals surface area contributed by atoms with Gasteiger partial charge in [-0.25, -0.2) is 13.2 Å². The lowest BCUT2D eigenvalue weighted by Gasteiger charge is -2.08. The van der Waals surface area contributed by atoms with Crippen LogP contribution in [0.1, 0.15) is 26.3 Å². The number of carbonyl (C=O) groups is 2. The number of anilines is 1. The van der Waals surface area contributed by atoms with Crippen molar-refractivity contribution < 1.29 is 22.7 Å². The third-order valence-corrected chi connectivity index (χ3v) is 6.62. The van der Waals surface area contributed by atoms with Crippen molar-refractivity contribution in [2.45, 2.75) is 11.1 Å². The van der Waals surface area contributed by atoms with E-state index in [0.717, 1.165) is 16.9 Å². The molecule has 0 saturated heterocycles. The standard InChI is InChI=1S/C20H17NO5S2/c1-14-4-6-15(7-5-14)18(22)13-26-20(23)16-8-10-17(11-9-16)21-28(24,25)19-3-2-12-27-19/h2-12,21H,13H2,1H3. The molecule has 1 N–H and O–H groups in total. The quantitative estimate of drug-likeness (QED) is 0.467. The number of thiophene rings is 1. The van der Waals surface area contributed by atoms with Crippen LogP contribution >= 0.6 is 11.3 Å². The van der Waals surface area contributed by atoms with Gasteiger partial charge in [0.05, 0.1) is 5.56 Å². The number of aryl methyl sites for hydroxylation is 1. The molecule has 0 saturated carbocycles. The maximum absolute atomic E-state index is 12.2. The zero-order chi connectivity index (χ0) is 20.1. The molecule has 0 aliphatic carbocycles. The Balaban J connectivity index is 1.59. The zero-order valence-electron chi connectivity index (χ0n) is 14.9. The van der Waals surface area contributed by atoms with E-state index in [4.69, 9.17) is 4.74 Å². The van der Waals surface area contributed by atoms with Gasteiger partial charge in [-0.05, 0) is 42.6 Å². The number of ketones is 1. The minimum Gasteiger partial charge on any atom is -0.454 e. The fourth-order valence-electron chi connectivity index (χ4n) is 2.33. The van der Waals surface area contributed by atoms with Gasteiger partial charge in [-0.1, -0.05) is 35.9 Å². The molecule has 0 aliphatic rings. The summed E-state index contributed by atoms with van der Waals surface area (Å²) in [5, 5.41) is 1.67. The summed E-state index contributed by atoms with van der Waals surface area (Å²) < 4.78 is 32.1. The van der Waals surface area contributed by atoms with Crippen LogP contribution in [0.4, 0.5) is 5.69 Å². The lowest BCUT2D eigenvalue weighted by atomic mass is 10.1. The lowest BCUT2D eigenvalue weighted by Crippen LogP contribution is -2.14. The Bertz CT molecular complexity index is 1070. The largest absolute Gasteiger partial charge is 0.454 e. The molecule has 0 radical (unpaired) electrons. The SMILES string of the molecule is Cc1ccc(C(=O)COC(=O)c2ccc(NS(=O)(=O)c3cccs3)cc2)cc1. The van der Waals surface area contributed by atoms with E-state index in [1.54, 1.807) is 23.6 Å². The van der Waals surface area contributed by atoms with Crippen LogP contribution in [0.2, 0.25) is 0 Å². The molecule has 0 aliphatic heterocycles. The Labute approximate surface area is 166 Å². The molecule has 0 unspecified atom stereocenters. The molecule has 6 nitrogen and oxygen atoms in total. The van der Waals surface area contributed by atoms with Crippen molar-refractivity contribution in [3.8, 4) is 0 Å². The zero-order valence-corrected chi connectivity index (χ0v) is 16.5. The molecular formula is C20H17NO5S2. The average Bonchev–Trinajstić information content (AvgIpc) is 3.22. The smallest absolute Gasteiger partial charge is 0.338 e. The average molecular weight is 415 g/mol. The highest BCUT2D eigenvalue weighted by Gasteiger charge is 2.16. The second-order valence-electron chi connectivity index (χ2n) is 5.98. The predicted octanol–water partition coefficient (Wildman–Crippen LogP) is 3.90. The summed E-state index contributed by atoms with van der Waals surface area (Å²) in [6.07, 6.45) is 0. The van der Waals surface area contributed by atoms with Crippen LogP contribution in [-0.4, -0.2) is 26.8 Å². The topological polar surface area (TPSA) is 89.5 Å². The van der Waals surface area contributed by atoms with E-state index in [0.29, 0.717) is 11.3 Å². The van der Waals surface area contributed by atoms with Crippen molar-refractivity contribution in [2.75, 3.05) is 11.3 Å². The molecule has 0 fully saturated rings. The Kier molecular flexibility index (Phi) is 5.91. The van der Waals surface area contributed by atoms with Gasteiger partial charge in [0.15, 0.2) is 12.4 Å². The minimum absolute atomic E-state index is 0.200. The number of nitrogens with one attached hydrogen (secondary N) is 1. The maximum Gasteiger partial charge on any atom is 0.338 e. The third kappa shape index (κ3) is 4.85. The van der Waals surface area contributed by atoms with E-state index in [2.05, 4.69) is 4.72 Å². The minimum atomic E-state index is -3.65. The van der Waals surface area contributed by atoms with E-state index >= 15 is 0 Å². The molecule has 0 spiro atoms. The lowest BCUT2D eigenvalue weighted by molar-refractivity contribution is 0.0475. The molecular weight excluding hydrogens is 398 g/mol. The van der Waals surface area contributed by atoms with Crippen LogP contribution in [0.15, 0.2) is 70.3 Å². The van der Waals surface area contributed by atoms with Gasteiger partial charge in [0.25, 0.3) is 10.0 Å². The van der Waals surface area contributed by atoms with Crippen molar-refractivity contribution in [3.05, 3.63) is 82.7 Å². The number of Topliss-reactive ketones (excluding diaryl/α,β-unsaturated/α-hetero) is 1. The molecule has 144 valence electrons. The molecule has 28 heavy (non-hydrogen) atoms. The summed E-state index contributed by atoms with van der Waals surface area (Å²) in [5.74, 6) is -0.957. The van der Waals surface area contributed by atoms with Crippen LogP contribution in [0.3, 0.4) is 0 Å². The highest BCUT2D eigenvalue weighted by Crippen LogP contribution is 2.20. The second kappa shape index (κ2) is 8.37. The number of benzene rings is 2. The highest BCUT2D eigenvalue weighted by atomic mass is 32.2. The van der Waals surface area contributed by atoms with Gasteiger partial charge in [-0.15, -0.1) is 11.3 Å². The Hall–Kier alpha value is -2.97. The first-order valence-electron chi connectivity index (χ1n) is 8.28. The van der Waals surface area contributed by atoms with E-state index < -0.39 is 16.0 Å². The Morgan fingerprint density at radius 1 is 0.964 bits per heavy atom. The fraction of sp³-hybridized carbons (Fsp3) is 0.100. The van der Waals surface area contributed by atoms with Crippen LogP contribution in [0.5, 0.6) is 0 Å². The summed E-state index contributed by atoms with van der Waals surface area (Å²) in [6.45, 7) is 1.55. The summed E-state index contributed by atoms with van der Waals surface area (Å²) in [7, 11) is -3.65. The first-order chi connectivity index (χ1) is 13.3. The van der Waals surface area contributed by atoms with Crippen LogP contribution < -0.4 is 4.72 Å². The van der Waals surface area contributed by atoms with Gasteiger partial charge >= 0.3 is 5.97 Å². The molecule has 3 aromatic rings. The van der Waals surface area contributed by atoms with Gasteiger partial charge in [-0.3, -0.25) is 9.52 Å². The molecule has 3 rings (SSSR count). The summed E-state index contributed by atoms with van der Waals surface area (Å²) >= 11 is 1.11. The number of rotatable bonds is 7. The van der Waals surface area contributed by atoms with Crippen molar-refractivity contribution in [1.82, 2.24) is 0 Å². The number of esters is 1. The van der Waals surface area contributed by atoms with Crippen molar-refractivity contribution in [2.24, 2.45) is 0 Å². The van der Waals surface area contributed by atoms with E-state index in [1.807, 2.05) is 19.1 Å². The first-order valence-corrected chi connectivity index (χ1v) is 10.6. The third-order valence-electron chi connectivity index (χ3n) is 3.84. The number of hydrogen-bond donors (Lipinski definition) is 1. The summed E-state index contributed by atoms with van der Waals surface area (Å²) in [6, 6.07) is 15.9. The Morgan fingerprint density at radius 2 is 1.61 bits per heavy atom. The molecule has 0 bridgehead atoms. The van der Waals surface area contributed by atoms with Gasteiger partial charge in [0, 0.05) is 11.3 Å². The van der Waals surface area contributed by atoms with Crippen molar-refractivity contribution in [3.63, 3.8) is 0 Å². The number of hydrogen-bond acceptors (Lipinski definition) is 6. The first kappa shape index (κ1) is 19.8. The fourth-order valence-corrected chi connectivity index (χ4v) is 4.38. The van der Waals surface area contributed by atoms with E-state index in [9.17, 15) is 18.0 Å². The number of ether oxygens (including phenoxy) is 1. The second-order valence-corrected chi connectivity index (χ2v) is 8.84. The molecule has 8 heteroatoms. The molecule has 0 amide bonds. The summed E-state index contributed by atoms with van der Waals surface area (Å²) in [4.78, 5) is 24.2. The van der Waals surface area contributed by atoms with E-state index in [-0.39, 0.29) is 22.2 Å². The van der Waals surface area contributed by atoms with Crippen LogP contribution in [-0.2, 0) is 14.8 Å². The van der Waals surface area contributed by atoms with Crippen molar-refractivity contribution >= 4 is 38.8 Å². The normalized spacial score (nSPS) is 11.0. The van der Waals surface area contributed by atoms with Crippen LogP contribution in [0, 0.1) is 6.92 Å². The number of sulfonamides is 1.